The summed E-state index contributed by atoms with van der Waals surface area (Å²) in [5.41, 5.74) is 0.0562. The largest absolute Gasteiger partial charge is 0.278 e. The molecule has 1 unspecified atom stereocenters. The minimum Gasteiger partial charge on any atom is -0.278 e. The van der Waals surface area contributed by atoms with E-state index in [1.807, 2.05) is 29.5 Å². The summed E-state index contributed by atoms with van der Waals surface area (Å²) >= 11 is 1.93. The first-order chi connectivity index (χ1) is 8.90. The number of amides is 2. The molecule has 0 N–H and O–H groups in total. The van der Waals surface area contributed by atoms with Crippen molar-refractivity contribution in [2.24, 2.45) is 5.92 Å². The van der Waals surface area contributed by atoms with Crippen molar-refractivity contribution in [1.82, 2.24) is 4.90 Å². The molecular formula is C12H11IN2O4. The van der Waals surface area contributed by atoms with Gasteiger partial charge in [0.25, 0.3) is 11.6 Å². The van der Waals surface area contributed by atoms with Crippen LogP contribution in [0.1, 0.15) is 23.7 Å². The summed E-state index contributed by atoms with van der Waals surface area (Å²) in [4.78, 5) is 35.3. The van der Waals surface area contributed by atoms with Crippen LogP contribution in [0.4, 0.5) is 5.69 Å². The Kier molecular flexibility index (Phi) is 3.83. The van der Waals surface area contributed by atoms with Crippen molar-refractivity contribution in [2.45, 2.75) is 13.3 Å². The molecule has 0 spiro atoms. The highest BCUT2D eigenvalue weighted by atomic mass is 127. The molecule has 1 aromatic carbocycles. The minimum absolute atomic E-state index is 0.132. The van der Waals surface area contributed by atoms with Gasteiger partial charge in [-0.1, -0.05) is 6.92 Å². The number of imide groups is 1. The molecule has 0 aromatic heterocycles. The number of nitrogens with zero attached hydrogens (tertiary/aromatic N) is 2. The zero-order chi connectivity index (χ0) is 14.2. The van der Waals surface area contributed by atoms with Crippen LogP contribution < -0.4 is 0 Å². The fraction of sp³-hybridized carbons (Fsp3) is 0.333. The highest BCUT2D eigenvalue weighted by molar-refractivity contribution is 14.1. The van der Waals surface area contributed by atoms with E-state index in [-0.39, 0.29) is 23.1 Å². The molecule has 100 valence electrons. The maximum atomic E-state index is 12.3. The lowest BCUT2D eigenvalue weighted by molar-refractivity contribution is -0.384. The van der Waals surface area contributed by atoms with Crippen molar-refractivity contribution < 1.29 is 14.5 Å². The Morgan fingerprint density at radius 1 is 1.53 bits per heavy atom. The smallest absolute Gasteiger partial charge is 0.270 e. The Labute approximate surface area is 123 Å². The predicted octanol–water partition coefficient (Wildman–Crippen LogP) is 2.21. The first-order valence-electron chi connectivity index (χ1n) is 5.68. The average Bonchev–Trinajstić information content (AvgIpc) is 2.68. The van der Waals surface area contributed by atoms with E-state index in [2.05, 4.69) is 0 Å². The maximum absolute atomic E-state index is 12.3. The Bertz CT molecular complexity index is 573. The minimum atomic E-state index is -0.554. The van der Waals surface area contributed by atoms with Gasteiger partial charge in [0.15, 0.2) is 0 Å². The van der Waals surface area contributed by atoms with Crippen LogP contribution in [0.15, 0.2) is 18.2 Å². The Hall–Kier alpha value is -1.51. The van der Waals surface area contributed by atoms with E-state index in [1.54, 1.807) is 0 Å². The van der Waals surface area contributed by atoms with Gasteiger partial charge in [0.2, 0.25) is 5.91 Å². The molecule has 19 heavy (non-hydrogen) atoms. The van der Waals surface area contributed by atoms with Crippen LogP contribution >= 0.6 is 22.6 Å². The topological polar surface area (TPSA) is 80.5 Å². The Morgan fingerprint density at radius 3 is 2.74 bits per heavy atom. The van der Waals surface area contributed by atoms with E-state index in [0.717, 1.165) is 0 Å². The first kappa shape index (κ1) is 13.9. The number of rotatable bonds is 2. The van der Waals surface area contributed by atoms with E-state index >= 15 is 0 Å². The third-order valence-electron chi connectivity index (χ3n) is 2.95. The molecule has 2 rings (SSSR count). The van der Waals surface area contributed by atoms with Crippen molar-refractivity contribution in [1.29, 1.82) is 0 Å². The van der Waals surface area contributed by atoms with Gasteiger partial charge in [-0.3, -0.25) is 24.6 Å². The molecule has 1 heterocycles. The van der Waals surface area contributed by atoms with Crippen LogP contribution in [-0.2, 0) is 4.79 Å². The predicted molar refractivity (Wildman–Crippen MR) is 75.6 cm³/mol. The van der Waals surface area contributed by atoms with Gasteiger partial charge in [0, 0.05) is 28.7 Å². The number of non-ortho nitro benzene ring substituents is 1. The second-order valence-corrected chi connectivity index (χ2v) is 5.70. The molecule has 1 atom stereocenters. The third kappa shape index (κ3) is 2.75. The zero-order valence-electron chi connectivity index (χ0n) is 10.1. The number of carbonyl (C=O) groups excluding carboxylic acids is 2. The molecule has 1 aliphatic heterocycles. The summed E-state index contributed by atoms with van der Waals surface area (Å²) in [6.07, 6.45) is 0.344. The number of likely N-dealkylation sites (tertiary alicyclic amines) is 1. The average molecular weight is 374 g/mol. The van der Waals surface area contributed by atoms with Gasteiger partial charge in [0.1, 0.15) is 0 Å². The van der Waals surface area contributed by atoms with Crippen molar-refractivity contribution in [3.63, 3.8) is 0 Å². The van der Waals surface area contributed by atoms with Gasteiger partial charge in [-0.2, -0.15) is 0 Å². The number of carbonyl (C=O) groups is 2. The van der Waals surface area contributed by atoms with Crippen LogP contribution in [0, 0.1) is 19.6 Å². The first-order valence-corrected chi connectivity index (χ1v) is 6.76. The summed E-state index contributed by atoms with van der Waals surface area (Å²) in [5, 5.41) is 10.7. The summed E-state index contributed by atoms with van der Waals surface area (Å²) in [6, 6.07) is 4.07. The van der Waals surface area contributed by atoms with Gasteiger partial charge in [-0.25, -0.2) is 0 Å². The molecule has 1 aliphatic rings. The van der Waals surface area contributed by atoms with Crippen LogP contribution in [-0.4, -0.2) is 28.2 Å². The third-order valence-corrected chi connectivity index (χ3v) is 3.90. The van der Waals surface area contributed by atoms with Gasteiger partial charge in [0.05, 0.1) is 10.5 Å². The quantitative estimate of drug-likeness (QED) is 0.344. The number of nitro benzene ring substituents is 1. The van der Waals surface area contributed by atoms with Crippen molar-refractivity contribution >= 4 is 40.1 Å². The van der Waals surface area contributed by atoms with E-state index in [4.69, 9.17) is 0 Å². The standard InChI is InChI=1S/C12H11IN2O4/c1-7-4-11(16)14(6-7)12(17)9-5-8(15(18)19)2-3-10(9)13/h2-3,5,7H,4,6H2,1H3. The highest BCUT2D eigenvalue weighted by Gasteiger charge is 2.33. The molecular weight excluding hydrogens is 363 g/mol. The van der Waals surface area contributed by atoms with Crippen molar-refractivity contribution in [3.8, 4) is 0 Å². The number of benzene rings is 1. The fourth-order valence-corrected chi connectivity index (χ4v) is 2.58. The SMILES string of the molecule is CC1CC(=O)N(C(=O)c2cc([N+](=O)[O-])ccc2I)C1. The molecule has 2 amide bonds. The summed E-state index contributed by atoms with van der Waals surface area (Å²) in [6.45, 7) is 2.26. The fourth-order valence-electron chi connectivity index (χ4n) is 2.02. The second kappa shape index (κ2) is 5.24. The Morgan fingerprint density at radius 2 is 2.21 bits per heavy atom. The van der Waals surface area contributed by atoms with Crippen LogP contribution in [0.2, 0.25) is 0 Å². The molecule has 6 nitrogen and oxygen atoms in total. The highest BCUT2D eigenvalue weighted by Crippen LogP contribution is 2.24. The number of halogens is 1. The van der Waals surface area contributed by atoms with E-state index in [9.17, 15) is 19.7 Å². The van der Waals surface area contributed by atoms with E-state index < -0.39 is 10.8 Å². The van der Waals surface area contributed by atoms with Gasteiger partial charge in [-0.15, -0.1) is 0 Å². The molecule has 1 saturated heterocycles. The molecule has 1 fully saturated rings. The second-order valence-electron chi connectivity index (χ2n) is 4.54. The maximum Gasteiger partial charge on any atom is 0.270 e. The number of hydrogen-bond acceptors (Lipinski definition) is 4. The van der Waals surface area contributed by atoms with Crippen LogP contribution in [0.25, 0.3) is 0 Å². The summed E-state index contributed by atoms with van der Waals surface area (Å²) < 4.78 is 0.598. The van der Waals surface area contributed by atoms with Crippen molar-refractivity contribution in [3.05, 3.63) is 37.4 Å². The molecule has 0 radical (unpaired) electrons. The normalized spacial score (nSPS) is 18.7. The molecule has 0 bridgehead atoms. The van der Waals surface area contributed by atoms with Gasteiger partial charge >= 0.3 is 0 Å². The monoisotopic (exact) mass is 374 g/mol. The van der Waals surface area contributed by atoms with Crippen molar-refractivity contribution in [2.75, 3.05) is 6.54 Å². The molecule has 7 heteroatoms. The van der Waals surface area contributed by atoms with Crippen LogP contribution in [0.5, 0.6) is 0 Å². The number of nitro groups is 1. The number of hydrogen-bond donors (Lipinski definition) is 0. The Balaban J connectivity index is 2.36. The lowest BCUT2D eigenvalue weighted by Crippen LogP contribution is -2.32. The van der Waals surface area contributed by atoms with Crippen LogP contribution in [0.3, 0.4) is 0 Å². The van der Waals surface area contributed by atoms with Gasteiger partial charge in [-0.05, 0) is 34.6 Å². The molecule has 1 aromatic rings. The lowest BCUT2D eigenvalue weighted by Gasteiger charge is -2.14. The summed E-state index contributed by atoms with van der Waals surface area (Å²) in [5.74, 6) is -0.546. The van der Waals surface area contributed by atoms with E-state index in [1.165, 1.54) is 23.1 Å². The molecule has 0 aliphatic carbocycles. The zero-order valence-corrected chi connectivity index (χ0v) is 12.3. The summed E-state index contributed by atoms with van der Waals surface area (Å²) in [7, 11) is 0. The van der Waals surface area contributed by atoms with E-state index in [0.29, 0.717) is 16.5 Å². The molecule has 0 saturated carbocycles. The lowest BCUT2D eigenvalue weighted by atomic mass is 10.1. The van der Waals surface area contributed by atoms with Gasteiger partial charge < -0.3 is 0 Å².